The van der Waals surface area contributed by atoms with Crippen LogP contribution in [0.2, 0.25) is 0 Å². The van der Waals surface area contributed by atoms with E-state index >= 15 is 0 Å². The Morgan fingerprint density at radius 1 is 1.04 bits per heavy atom. The van der Waals surface area contributed by atoms with Crippen molar-refractivity contribution in [2.45, 2.75) is 20.8 Å². The van der Waals surface area contributed by atoms with Gasteiger partial charge in [-0.05, 0) is 44.5 Å². The van der Waals surface area contributed by atoms with E-state index in [-0.39, 0.29) is 5.69 Å². The molecule has 146 valence electrons. The highest BCUT2D eigenvalue weighted by molar-refractivity contribution is 6.00. The molecule has 0 saturated heterocycles. The van der Waals surface area contributed by atoms with Crippen LogP contribution in [0.4, 0.5) is 11.4 Å². The van der Waals surface area contributed by atoms with Gasteiger partial charge in [0.1, 0.15) is 11.5 Å². The molecule has 3 aromatic rings. The number of carbonyl (C=O) groups excluding carboxylic acids is 1. The van der Waals surface area contributed by atoms with Crippen molar-refractivity contribution in [3.63, 3.8) is 0 Å². The lowest BCUT2D eigenvalue weighted by Gasteiger charge is -2.16. The average Bonchev–Trinajstić information content (AvgIpc) is 2.70. The summed E-state index contributed by atoms with van der Waals surface area (Å²) in [6.07, 6.45) is 0. The smallest absolute Gasteiger partial charge is 0.356 e. The zero-order valence-electron chi connectivity index (χ0n) is 16.5. The highest BCUT2D eigenvalue weighted by Crippen LogP contribution is 2.35. The van der Waals surface area contributed by atoms with Gasteiger partial charge in [-0.3, -0.25) is 0 Å². The number of anilines is 2. The van der Waals surface area contributed by atoms with Gasteiger partial charge in [-0.15, -0.1) is 0 Å². The van der Waals surface area contributed by atoms with E-state index in [9.17, 15) is 4.79 Å². The van der Waals surface area contributed by atoms with Gasteiger partial charge in [0.25, 0.3) is 0 Å². The molecule has 2 aromatic carbocycles. The zero-order valence-corrected chi connectivity index (χ0v) is 16.5. The lowest BCUT2D eigenvalue weighted by molar-refractivity contribution is 0.0594. The number of hydrogen-bond acceptors (Lipinski definition) is 6. The van der Waals surface area contributed by atoms with Crippen LogP contribution >= 0.6 is 0 Å². The second kappa shape index (κ2) is 8.61. The fourth-order valence-corrected chi connectivity index (χ4v) is 2.99. The normalized spacial score (nSPS) is 10.6. The number of esters is 1. The van der Waals surface area contributed by atoms with Crippen LogP contribution in [0.3, 0.4) is 0 Å². The third-order valence-corrected chi connectivity index (χ3v) is 4.27. The number of benzene rings is 2. The first-order chi connectivity index (χ1) is 13.6. The zero-order chi connectivity index (χ0) is 20.1. The lowest BCUT2D eigenvalue weighted by Crippen LogP contribution is -2.07. The molecule has 0 radical (unpaired) electrons. The summed E-state index contributed by atoms with van der Waals surface area (Å²) in [7, 11) is 1.35. The Hall–Kier alpha value is -3.28. The highest BCUT2D eigenvalue weighted by atomic mass is 16.5. The molecule has 6 nitrogen and oxygen atoms in total. The Labute approximate surface area is 164 Å². The number of pyridine rings is 1. The molecule has 0 aliphatic rings. The summed E-state index contributed by atoms with van der Waals surface area (Å²) in [5.74, 6) is 0.945. The fraction of sp³-hybridized carbons (Fsp3) is 0.273. The average molecular weight is 380 g/mol. The highest BCUT2D eigenvalue weighted by Gasteiger charge is 2.15. The summed E-state index contributed by atoms with van der Waals surface area (Å²) in [6, 6.07) is 13.2. The molecule has 0 fully saturated rings. The number of aromatic nitrogens is 1. The first-order valence-electron chi connectivity index (χ1n) is 9.22. The summed E-state index contributed by atoms with van der Waals surface area (Å²) in [5, 5.41) is 4.29. The summed E-state index contributed by atoms with van der Waals surface area (Å²) in [6.45, 7) is 6.93. The second-order valence-corrected chi connectivity index (χ2v) is 6.17. The number of para-hydroxylation sites is 1. The minimum Gasteiger partial charge on any atom is -0.494 e. The van der Waals surface area contributed by atoms with E-state index in [0.717, 1.165) is 33.6 Å². The van der Waals surface area contributed by atoms with E-state index in [1.165, 1.54) is 7.11 Å². The van der Waals surface area contributed by atoms with Crippen molar-refractivity contribution in [2.75, 3.05) is 25.6 Å². The van der Waals surface area contributed by atoms with Crippen molar-refractivity contribution in [2.24, 2.45) is 0 Å². The molecular formula is C22H24N2O4. The number of hydrogen-bond donors (Lipinski definition) is 1. The number of nitrogens with zero attached hydrogens (tertiary/aromatic N) is 1. The molecule has 1 heterocycles. The molecule has 0 aliphatic carbocycles. The molecule has 6 heteroatoms. The Bertz CT molecular complexity index is 1000. The van der Waals surface area contributed by atoms with Crippen LogP contribution in [0.15, 0.2) is 42.5 Å². The van der Waals surface area contributed by atoms with Crippen molar-refractivity contribution < 1.29 is 19.0 Å². The second-order valence-electron chi connectivity index (χ2n) is 6.17. The summed E-state index contributed by atoms with van der Waals surface area (Å²) in [5.41, 5.74) is 3.44. The predicted molar refractivity (Wildman–Crippen MR) is 110 cm³/mol. The number of fused-ring (bicyclic) bond motifs is 1. The number of nitrogens with one attached hydrogen (secondary N) is 1. The van der Waals surface area contributed by atoms with Gasteiger partial charge in [-0.25, -0.2) is 9.78 Å². The maximum Gasteiger partial charge on any atom is 0.356 e. The van der Waals surface area contributed by atoms with E-state index in [2.05, 4.69) is 10.3 Å². The Kier molecular flexibility index (Phi) is 5.99. The van der Waals surface area contributed by atoms with Crippen molar-refractivity contribution in [1.29, 1.82) is 0 Å². The molecule has 0 saturated carbocycles. The van der Waals surface area contributed by atoms with Gasteiger partial charge in [0.05, 0.1) is 37.2 Å². The number of ether oxygens (including phenoxy) is 3. The monoisotopic (exact) mass is 380 g/mol. The third-order valence-electron chi connectivity index (χ3n) is 4.27. The molecule has 0 bridgehead atoms. The number of aryl methyl sites for hydroxylation is 1. The molecule has 1 N–H and O–H groups in total. The molecule has 0 unspecified atom stereocenters. The molecule has 0 atom stereocenters. The van der Waals surface area contributed by atoms with Crippen LogP contribution in [0.1, 0.15) is 29.9 Å². The van der Waals surface area contributed by atoms with Crippen LogP contribution in [-0.4, -0.2) is 31.3 Å². The number of rotatable bonds is 7. The minimum atomic E-state index is -0.485. The number of carbonyl (C=O) groups is 1. The molecule has 28 heavy (non-hydrogen) atoms. The van der Waals surface area contributed by atoms with E-state index < -0.39 is 5.97 Å². The van der Waals surface area contributed by atoms with Crippen LogP contribution in [0.5, 0.6) is 11.5 Å². The maximum absolute atomic E-state index is 12.1. The van der Waals surface area contributed by atoms with Crippen LogP contribution in [-0.2, 0) is 4.74 Å². The van der Waals surface area contributed by atoms with Gasteiger partial charge in [0.15, 0.2) is 5.69 Å². The van der Waals surface area contributed by atoms with Gasteiger partial charge in [-0.1, -0.05) is 18.2 Å². The van der Waals surface area contributed by atoms with Crippen LogP contribution in [0.25, 0.3) is 10.9 Å². The third kappa shape index (κ3) is 4.01. The Morgan fingerprint density at radius 3 is 2.54 bits per heavy atom. The van der Waals surface area contributed by atoms with E-state index in [4.69, 9.17) is 14.2 Å². The molecule has 0 aliphatic heterocycles. The summed E-state index contributed by atoms with van der Waals surface area (Å²) < 4.78 is 16.2. The largest absolute Gasteiger partial charge is 0.494 e. The summed E-state index contributed by atoms with van der Waals surface area (Å²) >= 11 is 0. The molecule has 0 spiro atoms. The maximum atomic E-state index is 12.1. The predicted octanol–water partition coefficient (Wildman–Crippen LogP) is 4.87. The van der Waals surface area contributed by atoms with Gasteiger partial charge >= 0.3 is 5.97 Å². The fourth-order valence-electron chi connectivity index (χ4n) is 2.99. The Morgan fingerprint density at radius 2 is 1.82 bits per heavy atom. The quantitative estimate of drug-likeness (QED) is 0.590. The van der Waals surface area contributed by atoms with Crippen molar-refractivity contribution in [3.05, 3.63) is 53.7 Å². The lowest BCUT2D eigenvalue weighted by atomic mass is 10.1. The molecular weight excluding hydrogens is 356 g/mol. The first kappa shape index (κ1) is 19.5. The van der Waals surface area contributed by atoms with E-state index in [1.54, 1.807) is 6.07 Å². The van der Waals surface area contributed by atoms with E-state index in [0.29, 0.717) is 19.0 Å². The van der Waals surface area contributed by atoms with Crippen molar-refractivity contribution in [3.8, 4) is 11.5 Å². The first-order valence-corrected chi connectivity index (χ1v) is 9.22. The number of methoxy groups -OCH3 is 1. The SMILES string of the molecule is CCOc1ccc(OCC)c(Nc2cc(C(=O)OC)nc3c(C)cccc23)c1. The summed E-state index contributed by atoms with van der Waals surface area (Å²) in [4.78, 5) is 16.6. The Balaban J connectivity index is 2.14. The van der Waals surface area contributed by atoms with Crippen LogP contribution in [0, 0.1) is 6.92 Å². The standard InChI is InChI=1S/C22H24N2O4/c1-5-27-15-10-11-20(28-6-2)18(12-15)23-17-13-19(22(25)26-4)24-21-14(3)8-7-9-16(17)21/h7-13H,5-6H2,1-4H3,(H,23,24). The minimum absolute atomic E-state index is 0.241. The topological polar surface area (TPSA) is 69.7 Å². The van der Waals surface area contributed by atoms with Gasteiger partial charge in [0.2, 0.25) is 0 Å². The molecule has 3 rings (SSSR count). The van der Waals surface area contributed by atoms with Gasteiger partial charge in [0, 0.05) is 11.5 Å². The molecule has 1 aromatic heterocycles. The molecule has 0 amide bonds. The van der Waals surface area contributed by atoms with Crippen molar-refractivity contribution >= 4 is 28.2 Å². The van der Waals surface area contributed by atoms with Gasteiger partial charge in [-0.2, -0.15) is 0 Å². The van der Waals surface area contributed by atoms with Gasteiger partial charge < -0.3 is 19.5 Å². The van der Waals surface area contributed by atoms with E-state index in [1.807, 2.05) is 57.2 Å². The van der Waals surface area contributed by atoms with Crippen LogP contribution < -0.4 is 14.8 Å². The van der Waals surface area contributed by atoms with Crippen molar-refractivity contribution in [1.82, 2.24) is 4.98 Å².